The quantitative estimate of drug-likeness (QED) is 0.275. The molecule has 1 aromatic heterocycles. The summed E-state index contributed by atoms with van der Waals surface area (Å²) in [6, 6.07) is 1.24. The fourth-order valence-corrected chi connectivity index (χ4v) is 4.78. The van der Waals surface area contributed by atoms with Gasteiger partial charge in [0.25, 0.3) is 0 Å². The van der Waals surface area contributed by atoms with Crippen LogP contribution in [0.2, 0.25) is 5.02 Å². The molecule has 1 fully saturated rings. The molecule has 37 heavy (non-hydrogen) atoms. The first-order chi connectivity index (χ1) is 17.8. The lowest BCUT2D eigenvalue weighted by molar-refractivity contribution is 0.0693. The number of aromatic nitrogens is 1. The van der Waals surface area contributed by atoms with Crippen molar-refractivity contribution in [2.75, 3.05) is 57.7 Å². The summed E-state index contributed by atoms with van der Waals surface area (Å²) in [5.41, 5.74) is -0.834. The van der Waals surface area contributed by atoms with Gasteiger partial charge in [0.05, 0.1) is 12.2 Å². The van der Waals surface area contributed by atoms with Gasteiger partial charge in [-0.1, -0.05) is 18.0 Å². The third-order valence-corrected chi connectivity index (χ3v) is 6.84. The highest BCUT2D eigenvalue weighted by atomic mass is 35.5. The van der Waals surface area contributed by atoms with Crippen LogP contribution in [0.15, 0.2) is 12.1 Å². The predicted molar refractivity (Wildman–Crippen MR) is 136 cm³/mol. The molecule has 1 aromatic carbocycles. The van der Waals surface area contributed by atoms with Gasteiger partial charge in [0.15, 0.2) is 5.56 Å². The minimum absolute atomic E-state index is 0.0580. The number of β-amino-alcohol motifs (C(OH)–C–C–N with tert-alkyl or cyclic N) is 1. The van der Waals surface area contributed by atoms with E-state index in [4.69, 9.17) is 21.4 Å². The van der Waals surface area contributed by atoms with Crippen molar-refractivity contribution in [3.8, 4) is 5.88 Å². The Morgan fingerprint density at radius 2 is 1.73 bits per heavy atom. The van der Waals surface area contributed by atoms with Gasteiger partial charge >= 0.3 is 12.0 Å². The fourth-order valence-electron chi connectivity index (χ4n) is 3.86. The zero-order valence-electron chi connectivity index (χ0n) is 20.1. The van der Waals surface area contributed by atoms with Crippen molar-refractivity contribution in [1.82, 2.24) is 19.5 Å². The third kappa shape index (κ3) is 8.75. The molecule has 2 heterocycles. The second-order valence-electron chi connectivity index (χ2n) is 8.48. The number of hydrogen-bond donors (Lipinski definition) is 4. The first-order valence-corrected chi connectivity index (χ1v) is 13.0. The van der Waals surface area contributed by atoms with Gasteiger partial charge in [-0.05, 0) is 43.1 Å². The molecule has 2 amide bonds. The van der Waals surface area contributed by atoms with Gasteiger partial charge in [0.1, 0.15) is 23.2 Å². The largest absolute Gasteiger partial charge is 0.477 e. The molecule has 204 valence electrons. The number of halogens is 3. The zero-order chi connectivity index (χ0) is 26.8. The van der Waals surface area contributed by atoms with Crippen molar-refractivity contribution < 1.29 is 33.3 Å². The third-order valence-electron chi connectivity index (χ3n) is 5.88. The van der Waals surface area contributed by atoms with Gasteiger partial charge in [-0.25, -0.2) is 18.4 Å². The number of rotatable bonds is 13. The lowest BCUT2D eigenvalue weighted by atomic mass is 10.2. The van der Waals surface area contributed by atoms with Crippen molar-refractivity contribution in [3.05, 3.63) is 39.9 Å². The zero-order valence-corrected chi connectivity index (χ0v) is 21.7. The number of hydrogen-bond acceptors (Lipinski definition) is 8. The van der Waals surface area contributed by atoms with Crippen molar-refractivity contribution in [1.29, 1.82) is 0 Å². The Hall–Kier alpha value is -2.58. The van der Waals surface area contributed by atoms with Crippen molar-refractivity contribution in [2.45, 2.75) is 25.9 Å². The number of ether oxygens (including phenoxy) is 1. The second-order valence-corrected chi connectivity index (χ2v) is 9.69. The topological polar surface area (TPSA) is 127 Å². The lowest BCUT2D eigenvalue weighted by Gasteiger charge is -2.34. The number of anilines is 1. The van der Waals surface area contributed by atoms with Gasteiger partial charge in [-0.15, -0.1) is 0 Å². The maximum atomic E-state index is 14.0. The lowest BCUT2D eigenvalue weighted by Crippen LogP contribution is -2.47. The van der Waals surface area contributed by atoms with Crippen LogP contribution in [0.3, 0.4) is 0 Å². The van der Waals surface area contributed by atoms with E-state index in [1.54, 1.807) is 0 Å². The van der Waals surface area contributed by atoms with Crippen LogP contribution in [-0.2, 0) is 6.61 Å². The molecule has 2 aromatic rings. The van der Waals surface area contributed by atoms with Gasteiger partial charge in [-0.3, -0.25) is 10.2 Å². The number of aliphatic hydroxyl groups is 1. The number of nitrogens with zero attached hydrogens (tertiary/aromatic N) is 3. The fraction of sp³-hybridized carbons (Fsp3) is 0.522. The number of carbonyl (C=O) groups excluding carboxylic acids is 1. The van der Waals surface area contributed by atoms with Crippen LogP contribution in [0, 0.1) is 11.6 Å². The molecule has 0 spiro atoms. The number of unbranched alkanes of at least 4 members (excludes halogenated alkanes) is 2. The number of benzene rings is 1. The molecule has 0 radical (unpaired) electrons. The molecule has 1 aliphatic rings. The average Bonchev–Trinajstić information content (AvgIpc) is 3.24. The van der Waals surface area contributed by atoms with E-state index in [0.717, 1.165) is 70.7 Å². The Bertz CT molecular complexity index is 1050. The van der Waals surface area contributed by atoms with E-state index in [1.807, 2.05) is 0 Å². The molecule has 4 N–H and O–H groups in total. The highest BCUT2D eigenvalue weighted by Gasteiger charge is 2.24. The highest BCUT2D eigenvalue weighted by Crippen LogP contribution is 2.31. The normalized spacial score (nSPS) is 14.5. The van der Waals surface area contributed by atoms with E-state index in [2.05, 4.69) is 24.8 Å². The Morgan fingerprint density at radius 1 is 1.08 bits per heavy atom. The highest BCUT2D eigenvalue weighted by molar-refractivity contribution is 7.11. The second kappa shape index (κ2) is 14.4. The number of carbonyl (C=O) groups is 2. The first-order valence-electron chi connectivity index (χ1n) is 11.9. The average molecular weight is 562 g/mol. The summed E-state index contributed by atoms with van der Waals surface area (Å²) in [6.07, 6.45) is 2.68. The number of carboxylic acid groups (broad SMARTS) is 1. The van der Waals surface area contributed by atoms with Crippen LogP contribution < -0.4 is 15.4 Å². The number of aliphatic hydroxyl groups excluding tert-OH is 1. The summed E-state index contributed by atoms with van der Waals surface area (Å²) in [4.78, 5) is 28.6. The van der Waals surface area contributed by atoms with Crippen LogP contribution in [0.25, 0.3) is 0 Å². The minimum Gasteiger partial charge on any atom is -0.477 e. The van der Waals surface area contributed by atoms with E-state index >= 15 is 0 Å². The molecule has 10 nitrogen and oxygen atoms in total. The van der Waals surface area contributed by atoms with Gasteiger partial charge < -0.3 is 25.2 Å². The molecule has 1 aliphatic heterocycles. The Labute approximate surface area is 222 Å². The Balaban J connectivity index is 1.40. The van der Waals surface area contributed by atoms with E-state index in [1.165, 1.54) is 0 Å². The van der Waals surface area contributed by atoms with Crippen LogP contribution in [0.4, 0.5) is 18.6 Å². The van der Waals surface area contributed by atoms with Gasteiger partial charge in [0, 0.05) is 44.3 Å². The Morgan fingerprint density at radius 3 is 2.35 bits per heavy atom. The smallest absolute Gasteiger partial charge is 0.344 e. The first kappa shape index (κ1) is 29.0. The summed E-state index contributed by atoms with van der Waals surface area (Å²) in [5, 5.41) is 23.5. The summed E-state index contributed by atoms with van der Waals surface area (Å²) in [7, 11) is 0. The summed E-state index contributed by atoms with van der Waals surface area (Å²) in [6.45, 7) is 5.57. The molecule has 0 saturated carbocycles. The number of urea groups is 1. The molecule has 1 saturated heterocycles. The van der Waals surface area contributed by atoms with Crippen LogP contribution in [-0.4, -0.2) is 88.8 Å². The molecular formula is C23H30ClF2N5O5S. The Kier molecular flexibility index (Phi) is 11.3. The molecular weight excluding hydrogens is 532 g/mol. The van der Waals surface area contributed by atoms with E-state index in [9.17, 15) is 23.5 Å². The van der Waals surface area contributed by atoms with Crippen molar-refractivity contribution >= 4 is 40.1 Å². The van der Waals surface area contributed by atoms with E-state index < -0.39 is 41.4 Å². The number of aromatic carboxylic acids is 1. The molecule has 14 heteroatoms. The maximum absolute atomic E-state index is 14.0. The number of amides is 2. The summed E-state index contributed by atoms with van der Waals surface area (Å²) < 4.78 is 37.0. The number of carboxylic acids is 1. The van der Waals surface area contributed by atoms with Crippen LogP contribution in [0.5, 0.6) is 5.88 Å². The SMILES string of the molecule is O=C(NCCCCCN1CCN(CCO)CC1)Nc1snc(OCc2c(F)cc(Cl)cc2F)c1C(=O)O. The van der Waals surface area contributed by atoms with Crippen LogP contribution >= 0.6 is 23.1 Å². The maximum Gasteiger partial charge on any atom is 0.344 e. The molecule has 3 rings (SSSR count). The monoisotopic (exact) mass is 561 g/mol. The summed E-state index contributed by atoms with van der Waals surface area (Å²) in [5.74, 6) is -3.64. The van der Waals surface area contributed by atoms with Gasteiger partial charge in [-0.2, -0.15) is 4.37 Å². The molecule has 0 aliphatic carbocycles. The minimum atomic E-state index is -1.41. The molecule has 0 bridgehead atoms. The van der Waals surface area contributed by atoms with E-state index in [0.29, 0.717) is 18.1 Å². The predicted octanol–water partition coefficient (Wildman–Crippen LogP) is 3.25. The summed E-state index contributed by atoms with van der Waals surface area (Å²) >= 11 is 6.29. The van der Waals surface area contributed by atoms with E-state index in [-0.39, 0.29) is 22.5 Å². The number of nitrogens with one attached hydrogen (secondary N) is 2. The molecule has 0 unspecified atom stereocenters. The molecule has 0 atom stereocenters. The van der Waals surface area contributed by atoms with Gasteiger partial charge in [0.2, 0.25) is 5.88 Å². The standard InChI is InChI=1S/C23H30ClF2N5O5S/c24-15-12-17(25)16(18(26)13-15)14-36-20-19(22(33)34)21(37-29-20)28-23(35)27-4-2-1-3-5-30-6-8-31(9-7-30)10-11-32/h12-13,32H,1-11,14H2,(H,33,34)(H2,27,28,35). The van der Waals surface area contributed by atoms with Crippen molar-refractivity contribution in [3.63, 3.8) is 0 Å². The number of piperazine rings is 1. The van der Waals surface area contributed by atoms with Crippen molar-refractivity contribution in [2.24, 2.45) is 0 Å². The van der Waals surface area contributed by atoms with Crippen LogP contribution in [0.1, 0.15) is 35.2 Å².